The molecule has 1 aliphatic rings. The number of H-pyrrole nitrogens is 1. The zero-order valence-electron chi connectivity index (χ0n) is 14.5. The molecule has 0 atom stereocenters. The van der Waals surface area contributed by atoms with E-state index in [4.69, 9.17) is 11.6 Å². The molecule has 0 saturated heterocycles. The molecule has 29 heavy (non-hydrogen) atoms. The number of aromatic nitrogens is 2. The second kappa shape index (κ2) is 7.85. The second-order valence-electron chi connectivity index (χ2n) is 6.45. The van der Waals surface area contributed by atoms with E-state index < -0.39 is 76.7 Å². The molecular weight excluding hydrogens is 431 g/mol. The SMILES string of the molecule is O=C(c1c(C(F)F)n[nH]c1CF)N(Cc1c(C(F)(F)F)ccc(Cl)c1F)C1CC1. The van der Waals surface area contributed by atoms with Crippen LogP contribution in [0, 0.1) is 5.82 Å². The van der Waals surface area contributed by atoms with Gasteiger partial charge in [-0.2, -0.15) is 18.3 Å². The average Bonchev–Trinajstić information content (AvgIpc) is 3.38. The highest BCUT2D eigenvalue weighted by Crippen LogP contribution is 2.39. The van der Waals surface area contributed by atoms with Gasteiger partial charge in [-0.15, -0.1) is 0 Å². The summed E-state index contributed by atoms with van der Waals surface area (Å²) in [5, 5.41) is 4.63. The molecule has 0 radical (unpaired) electrons. The molecule has 1 aliphatic carbocycles. The van der Waals surface area contributed by atoms with Gasteiger partial charge in [-0.25, -0.2) is 17.6 Å². The monoisotopic (exact) mass is 443 g/mol. The normalized spacial score (nSPS) is 14.5. The van der Waals surface area contributed by atoms with Crippen molar-refractivity contribution in [1.82, 2.24) is 15.1 Å². The van der Waals surface area contributed by atoms with Crippen LogP contribution in [0.3, 0.4) is 0 Å². The summed E-state index contributed by atoms with van der Waals surface area (Å²) in [6.45, 7) is -2.19. The van der Waals surface area contributed by atoms with Crippen LogP contribution >= 0.6 is 11.6 Å². The Bertz CT molecular complexity index is 924. The standard InChI is InChI=1S/C17H13ClF7N3O/c18-10-4-3-9(17(23,24)25)8(13(10)20)6-28(7-1-2-7)16(29)12-11(5-19)26-27-14(12)15(21)22/h3-4,7,15H,1-2,5-6H2,(H,26,27). The number of carbonyl (C=O) groups excluding carboxylic acids is 1. The van der Waals surface area contributed by atoms with Gasteiger partial charge in [0, 0.05) is 18.2 Å². The van der Waals surface area contributed by atoms with E-state index in [1.807, 2.05) is 5.10 Å². The van der Waals surface area contributed by atoms with Gasteiger partial charge in [-0.05, 0) is 25.0 Å². The number of nitrogens with zero attached hydrogens (tertiary/aromatic N) is 2. The quantitative estimate of drug-likeness (QED) is 0.605. The molecule has 3 rings (SSSR count). The maximum absolute atomic E-state index is 14.4. The van der Waals surface area contributed by atoms with Gasteiger partial charge in [-0.3, -0.25) is 9.89 Å². The first kappa shape index (κ1) is 21.4. The highest BCUT2D eigenvalue weighted by Gasteiger charge is 2.41. The van der Waals surface area contributed by atoms with Gasteiger partial charge in [0.1, 0.15) is 18.2 Å². The molecule has 0 unspecified atom stereocenters. The number of halogens is 8. The van der Waals surface area contributed by atoms with Gasteiger partial charge in [-0.1, -0.05) is 11.6 Å². The predicted octanol–water partition coefficient (Wildman–Crippen LogP) is 5.43. The maximum Gasteiger partial charge on any atom is 0.416 e. The molecule has 4 nitrogen and oxygen atoms in total. The minimum atomic E-state index is -4.94. The van der Waals surface area contributed by atoms with Crippen molar-refractivity contribution in [3.8, 4) is 0 Å². The van der Waals surface area contributed by atoms with Crippen LogP contribution in [0.4, 0.5) is 30.7 Å². The minimum Gasteiger partial charge on any atom is -0.331 e. The van der Waals surface area contributed by atoms with Crippen molar-refractivity contribution in [2.45, 2.75) is 44.7 Å². The number of nitrogens with one attached hydrogen (secondary N) is 1. The molecule has 1 fully saturated rings. The fraction of sp³-hybridized carbons (Fsp3) is 0.412. The van der Waals surface area contributed by atoms with Crippen LogP contribution in [-0.4, -0.2) is 27.0 Å². The highest BCUT2D eigenvalue weighted by atomic mass is 35.5. The Balaban J connectivity index is 2.05. The Kier molecular flexibility index (Phi) is 5.79. The number of rotatable bonds is 6. The fourth-order valence-corrected chi connectivity index (χ4v) is 3.14. The summed E-state index contributed by atoms with van der Waals surface area (Å²) < 4.78 is 93.9. The Morgan fingerprint density at radius 1 is 1.31 bits per heavy atom. The van der Waals surface area contributed by atoms with Crippen molar-refractivity contribution in [1.29, 1.82) is 0 Å². The third-order valence-corrected chi connectivity index (χ3v) is 4.79. The minimum absolute atomic E-state index is 0.377. The Morgan fingerprint density at radius 2 is 1.97 bits per heavy atom. The Hall–Kier alpha value is -2.30. The second-order valence-corrected chi connectivity index (χ2v) is 6.85. The smallest absolute Gasteiger partial charge is 0.331 e. The molecule has 1 heterocycles. The number of alkyl halides is 6. The molecular formula is C17H13ClF7N3O. The summed E-state index contributed by atoms with van der Waals surface area (Å²) in [6, 6.07) is 0.708. The lowest BCUT2D eigenvalue weighted by molar-refractivity contribution is -0.138. The van der Waals surface area contributed by atoms with Crippen molar-refractivity contribution in [2.24, 2.45) is 0 Å². The van der Waals surface area contributed by atoms with Crippen molar-refractivity contribution >= 4 is 17.5 Å². The van der Waals surface area contributed by atoms with E-state index >= 15 is 0 Å². The van der Waals surface area contributed by atoms with Gasteiger partial charge >= 0.3 is 6.18 Å². The molecule has 1 aromatic heterocycles. The van der Waals surface area contributed by atoms with Gasteiger partial charge in [0.2, 0.25) is 0 Å². The number of hydrogen-bond acceptors (Lipinski definition) is 2. The zero-order valence-corrected chi connectivity index (χ0v) is 15.2. The first-order chi connectivity index (χ1) is 13.6. The number of benzene rings is 1. The van der Waals surface area contributed by atoms with E-state index in [1.165, 1.54) is 0 Å². The number of aromatic amines is 1. The summed E-state index contributed by atoms with van der Waals surface area (Å²) >= 11 is 5.60. The van der Waals surface area contributed by atoms with E-state index in [-0.39, 0.29) is 0 Å². The van der Waals surface area contributed by atoms with E-state index in [9.17, 15) is 35.5 Å². The largest absolute Gasteiger partial charge is 0.416 e. The summed E-state index contributed by atoms with van der Waals surface area (Å²) in [7, 11) is 0. The van der Waals surface area contributed by atoms with Crippen molar-refractivity contribution in [3.63, 3.8) is 0 Å². The van der Waals surface area contributed by atoms with Crippen LogP contribution < -0.4 is 0 Å². The van der Waals surface area contributed by atoms with Gasteiger partial charge < -0.3 is 4.90 Å². The first-order valence-corrected chi connectivity index (χ1v) is 8.70. The summed E-state index contributed by atoms with van der Waals surface area (Å²) in [6.07, 6.45) is -7.41. The molecule has 1 N–H and O–H groups in total. The van der Waals surface area contributed by atoms with Gasteiger partial charge in [0.15, 0.2) is 0 Å². The van der Waals surface area contributed by atoms with Crippen LogP contribution in [-0.2, 0) is 19.4 Å². The topological polar surface area (TPSA) is 49.0 Å². The van der Waals surface area contributed by atoms with Crippen LogP contribution in [0.2, 0.25) is 5.02 Å². The molecule has 0 aliphatic heterocycles. The Morgan fingerprint density at radius 3 is 2.48 bits per heavy atom. The number of carbonyl (C=O) groups is 1. The number of hydrogen-bond donors (Lipinski definition) is 1. The molecule has 1 aromatic carbocycles. The molecule has 1 amide bonds. The van der Waals surface area contributed by atoms with E-state index in [0.29, 0.717) is 18.9 Å². The van der Waals surface area contributed by atoms with Crippen molar-refractivity contribution in [2.75, 3.05) is 0 Å². The van der Waals surface area contributed by atoms with Crippen LogP contribution in [0.15, 0.2) is 12.1 Å². The zero-order chi connectivity index (χ0) is 21.5. The molecule has 1 saturated carbocycles. The van der Waals surface area contributed by atoms with E-state index in [1.54, 1.807) is 0 Å². The van der Waals surface area contributed by atoms with Crippen molar-refractivity contribution in [3.05, 3.63) is 51.1 Å². The highest BCUT2D eigenvalue weighted by molar-refractivity contribution is 6.30. The first-order valence-electron chi connectivity index (χ1n) is 8.32. The molecule has 0 bridgehead atoms. The fourth-order valence-electron chi connectivity index (χ4n) is 2.97. The van der Waals surface area contributed by atoms with E-state index in [2.05, 4.69) is 5.10 Å². The number of amides is 1. The lowest BCUT2D eigenvalue weighted by atomic mass is 10.0. The molecule has 12 heteroatoms. The maximum atomic E-state index is 14.4. The van der Waals surface area contributed by atoms with Gasteiger partial charge in [0.25, 0.3) is 12.3 Å². The molecule has 0 spiro atoms. The molecule has 2 aromatic rings. The summed E-state index contributed by atoms with van der Waals surface area (Å²) in [4.78, 5) is 13.7. The van der Waals surface area contributed by atoms with Crippen LogP contribution in [0.25, 0.3) is 0 Å². The average molecular weight is 444 g/mol. The van der Waals surface area contributed by atoms with Crippen LogP contribution in [0.5, 0.6) is 0 Å². The van der Waals surface area contributed by atoms with Gasteiger partial charge in [0.05, 0.1) is 21.8 Å². The summed E-state index contributed by atoms with van der Waals surface area (Å²) in [5.74, 6) is -2.52. The predicted molar refractivity (Wildman–Crippen MR) is 87.7 cm³/mol. The Labute approximate surface area is 164 Å². The third kappa shape index (κ3) is 4.19. The van der Waals surface area contributed by atoms with Crippen molar-refractivity contribution < 1.29 is 35.5 Å². The lowest BCUT2D eigenvalue weighted by Gasteiger charge is -2.25. The summed E-state index contributed by atoms with van der Waals surface area (Å²) in [5.41, 5.74) is -4.54. The van der Waals surface area contributed by atoms with E-state index in [0.717, 1.165) is 11.0 Å². The van der Waals surface area contributed by atoms with Crippen LogP contribution in [0.1, 0.15) is 52.1 Å². The lowest BCUT2D eigenvalue weighted by Crippen LogP contribution is -2.35. The third-order valence-electron chi connectivity index (χ3n) is 4.50. The molecule has 158 valence electrons.